The summed E-state index contributed by atoms with van der Waals surface area (Å²) in [6.45, 7) is 2.07. The number of nitrogens with one attached hydrogen (secondary N) is 1. The number of carbonyl (C=O) groups is 1. The first-order valence-corrected chi connectivity index (χ1v) is 7.74. The molecule has 2 aromatic rings. The van der Waals surface area contributed by atoms with E-state index in [0.29, 0.717) is 24.7 Å². The van der Waals surface area contributed by atoms with E-state index in [0.717, 1.165) is 25.1 Å². The molecule has 0 fully saturated rings. The minimum absolute atomic E-state index is 0.158. The second-order valence-corrected chi connectivity index (χ2v) is 5.40. The van der Waals surface area contributed by atoms with E-state index in [-0.39, 0.29) is 5.91 Å². The predicted octanol–water partition coefficient (Wildman–Crippen LogP) is 1.94. The van der Waals surface area contributed by atoms with Gasteiger partial charge in [-0.1, -0.05) is 18.2 Å². The highest BCUT2D eigenvalue weighted by molar-refractivity contribution is 5.93. The molecule has 1 aliphatic rings. The quantitative estimate of drug-likeness (QED) is 0.826. The number of benzene rings is 1. The average molecular weight is 312 g/mol. The number of aromatic nitrogens is 2. The van der Waals surface area contributed by atoms with Gasteiger partial charge in [0.15, 0.2) is 0 Å². The molecule has 0 unspecified atom stereocenters. The zero-order chi connectivity index (χ0) is 16.1. The van der Waals surface area contributed by atoms with Crippen LogP contribution in [0.25, 0.3) is 0 Å². The van der Waals surface area contributed by atoms with Crippen molar-refractivity contribution in [2.75, 3.05) is 31.7 Å². The number of amides is 1. The number of hydrogen-bond acceptors (Lipinski definition) is 5. The van der Waals surface area contributed by atoms with Crippen molar-refractivity contribution in [1.29, 1.82) is 0 Å². The average Bonchev–Trinajstić information content (AvgIpc) is 3.03. The number of nitrogens with zero attached hydrogens (tertiary/aromatic N) is 3. The normalized spacial score (nSPS) is 13.0. The van der Waals surface area contributed by atoms with Crippen molar-refractivity contribution in [2.24, 2.45) is 0 Å². The van der Waals surface area contributed by atoms with Crippen LogP contribution in [0.2, 0.25) is 0 Å². The summed E-state index contributed by atoms with van der Waals surface area (Å²) in [6, 6.07) is 8.25. The molecule has 2 heterocycles. The van der Waals surface area contributed by atoms with Gasteiger partial charge in [-0.2, -0.15) is 0 Å². The Labute approximate surface area is 135 Å². The molecular weight excluding hydrogens is 292 g/mol. The third-order valence-electron chi connectivity index (χ3n) is 3.84. The topological polar surface area (TPSA) is 67.3 Å². The minimum atomic E-state index is -0.158. The van der Waals surface area contributed by atoms with Crippen LogP contribution >= 0.6 is 0 Å². The second kappa shape index (κ2) is 7.19. The highest BCUT2D eigenvalue weighted by Crippen LogP contribution is 2.31. The highest BCUT2D eigenvalue weighted by Gasteiger charge is 2.21. The van der Waals surface area contributed by atoms with Crippen LogP contribution in [-0.2, 0) is 11.2 Å². The van der Waals surface area contributed by atoms with Crippen molar-refractivity contribution in [1.82, 2.24) is 15.3 Å². The molecule has 0 aliphatic carbocycles. The van der Waals surface area contributed by atoms with Gasteiger partial charge >= 0.3 is 0 Å². The molecule has 0 saturated heterocycles. The molecular formula is C17H20N4O2. The number of ether oxygens (including phenoxy) is 1. The molecule has 1 amide bonds. The summed E-state index contributed by atoms with van der Waals surface area (Å²) in [6.07, 6.45) is 4.93. The van der Waals surface area contributed by atoms with Crippen molar-refractivity contribution >= 4 is 17.5 Å². The van der Waals surface area contributed by atoms with Crippen molar-refractivity contribution < 1.29 is 9.53 Å². The molecule has 1 aliphatic heterocycles. The smallest absolute Gasteiger partial charge is 0.254 e. The van der Waals surface area contributed by atoms with Crippen LogP contribution in [-0.4, -0.2) is 42.7 Å². The van der Waals surface area contributed by atoms with Gasteiger partial charge in [-0.15, -0.1) is 0 Å². The second-order valence-electron chi connectivity index (χ2n) is 5.40. The maximum Gasteiger partial charge on any atom is 0.254 e. The van der Waals surface area contributed by atoms with E-state index >= 15 is 0 Å². The highest BCUT2D eigenvalue weighted by atomic mass is 16.5. The predicted molar refractivity (Wildman–Crippen MR) is 88.0 cm³/mol. The fourth-order valence-electron chi connectivity index (χ4n) is 2.64. The Kier molecular flexibility index (Phi) is 4.83. The Morgan fingerprint density at radius 3 is 2.87 bits per heavy atom. The van der Waals surface area contributed by atoms with Gasteiger partial charge in [-0.05, 0) is 24.5 Å². The van der Waals surface area contributed by atoms with Gasteiger partial charge in [0.25, 0.3) is 5.91 Å². The van der Waals surface area contributed by atoms with Crippen LogP contribution in [0.1, 0.15) is 22.3 Å². The zero-order valence-electron chi connectivity index (χ0n) is 13.2. The molecule has 0 spiro atoms. The molecule has 1 aromatic heterocycles. The summed E-state index contributed by atoms with van der Waals surface area (Å²) in [7, 11) is 1.64. The summed E-state index contributed by atoms with van der Waals surface area (Å²) < 4.78 is 4.95. The fraction of sp³-hybridized carbons (Fsp3) is 0.353. The van der Waals surface area contributed by atoms with E-state index in [1.807, 2.05) is 12.1 Å². The molecule has 0 saturated carbocycles. The molecule has 120 valence electrons. The summed E-state index contributed by atoms with van der Waals surface area (Å²) in [4.78, 5) is 22.8. The number of anilines is 2. The van der Waals surface area contributed by atoms with E-state index in [9.17, 15) is 4.79 Å². The van der Waals surface area contributed by atoms with Crippen LogP contribution in [0.3, 0.4) is 0 Å². The van der Waals surface area contributed by atoms with Gasteiger partial charge in [0.2, 0.25) is 5.95 Å². The molecule has 0 radical (unpaired) electrons. The summed E-state index contributed by atoms with van der Waals surface area (Å²) >= 11 is 0. The van der Waals surface area contributed by atoms with E-state index in [4.69, 9.17) is 4.74 Å². The number of rotatable bonds is 6. The maximum absolute atomic E-state index is 12.0. The summed E-state index contributed by atoms with van der Waals surface area (Å²) in [5.41, 5.74) is 2.92. The lowest BCUT2D eigenvalue weighted by molar-refractivity contribution is 0.0948. The first-order chi connectivity index (χ1) is 11.3. The third kappa shape index (κ3) is 3.48. The Bertz CT molecular complexity index is 673. The Balaban J connectivity index is 1.65. The lowest BCUT2D eigenvalue weighted by atomic mass is 10.2. The zero-order valence-corrected chi connectivity index (χ0v) is 13.2. The number of carbonyl (C=O) groups excluding carboxylic acids is 1. The number of para-hydroxylation sites is 1. The van der Waals surface area contributed by atoms with Crippen molar-refractivity contribution in [3.63, 3.8) is 0 Å². The molecule has 6 heteroatoms. The maximum atomic E-state index is 12.0. The fourth-order valence-corrected chi connectivity index (χ4v) is 2.64. The molecule has 1 aromatic carbocycles. The molecule has 0 atom stereocenters. The third-order valence-corrected chi connectivity index (χ3v) is 3.84. The van der Waals surface area contributed by atoms with Gasteiger partial charge in [-0.25, -0.2) is 9.97 Å². The number of hydrogen-bond donors (Lipinski definition) is 1. The SMILES string of the molecule is COCCCNC(=O)c1cnc(N2CCc3ccccc32)nc1. The largest absolute Gasteiger partial charge is 0.385 e. The molecule has 23 heavy (non-hydrogen) atoms. The van der Waals surface area contributed by atoms with Crippen molar-refractivity contribution in [3.05, 3.63) is 47.8 Å². The van der Waals surface area contributed by atoms with Crippen LogP contribution in [0.5, 0.6) is 0 Å². The molecule has 3 rings (SSSR count). The first-order valence-electron chi connectivity index (χ1n) is 7.74. The van der Waals surface area contributed by atoms with Crippen LogP contribution < -0.4 is 10.2 Å². The standard InChI is InChI=1S/C17H20N4O2/c1-23-10-4-8-18-16(22)14-11-19-17(20-12-14)21-9-7-13-5-2-3-6-15(13)21/h2-3,5-6,11-12H,4,7-10H2,1H3,(H,18,22). The lowest BCUT2D eigenvalue weighted by Crippen LogP contribution is -2.26. The van der Waals surface area contributed by atoms with E-state index < -0.39 is 0 Å². The van der Waals surface area contributed by atoms with E-state index in [1.165, 1.54) is 5.56 Å². The van der Waals surface area contributed by atoms with Gasteiger partial charge in [0, 0.05) is 44.9 Å². The van der Waals surface area contributed by atoms with Crippen molar-refractivity contribution in [2.45, 2.75) is 12.8 Å². The number of fused-ring (bicyclic) bond motifs is 1. The monoisotopic (exact) mass is 312 g/mol. The summed E-state index contributed by atoms with van der Waals surface area (Å²) in [5, 5.41) is 2.83. The van der Waals surface area contributed by atoms with Gasteiger partial charge in [-0.3, -0.25) is 4.79 Å². The van der Waals surface area contributed by atoms with E-state index in [1.54, 1.807) is 19.5 Å². The lowest BCUT2D eigenvalue weighted by Gasteiger charge is -2.16. The van der Waals surface area contributed by atoms with Crippen molar-refractivity contribution in [3.8, 4) is 0 Å². The number of methoxy groups -OCH3 is 1. The van der Waals surface area contributed by atoms with Gasteiger partial charge in [0.05, 0.1) is 5.56 Å². The van der Waals surface area contributed by atoms with Gasteiger partial charge < -0.3 is 15.0 Å². The molecule has 1 N–H and O–H groups in total. The molecule has 0 bridgehead atoms. The Hall–Kier alpha value is -2.47. The van der Waals surface area contributed by atoms with E-state index in [2.05, 4.69) is 32.3 Å². The van der Waals surface area contributed by atoms with Gasteiger partial charge in [0.1, 0.15) is 0 Å². The first kappa shape index (κ1) is 15.4. The Morgan fingerprint density at radius 1 is 1.30 bits per heavy atom. The van der Waals surface area contributed by atoms with Crippen LogP contribution in [0, 0.1) is 0 Å². The molecule has 6 nitrogen and oxygen atoms in total. The van der Waals surface area contributed by atoms with Crippen LogP contribution in [0.15, 0.2) is 36.7 Å². The summed E-state index contributed by atoms with van der Waals surface area (Å²) in [5.74, 6) is 0.473. The minimum Gasteiger partial charge on any atom is -0.385 e. The Morgan fingerprint density at radius 2 is 2.09 bits per heavy atom. The van der Waals surface area contributed by atoms with Crippen LogP contribution in [0.4, 0.5) is 11.6 Å².